The maximum absolute atomic E-state index is 5.44. The van der Waals surface area contributed by atoms with E-state index in [1.165, 1.54) is 11.3 Å². The third kappa shape index (κ3) is 2.60. The highest BCUT2D eigenvalue weighted by molar-refractivity contribution is 5.16. The fourth-order valence-corrected chi connectivity index (χ4v) is 1.85. The molecule has 0 atom stereocenters. The van der Waals surface area contributed by atoms with Gasteiger partial charge in [-0.1, -0.05) is 30.3 Å². The molecule has 0 aromatic heterocycles. The molecule has 0 bridgehead atoms. The van der Waals surface area contributed by atoms with E-state index in [0.29, 0.717) is 0 Å². The summed E-state index contributed by atoms with van der Waals surface area (Å²) in [5.41, 5.74) is 2.71. The van der Waals surface area contributed by atoms with Crippen molar-refractivity contribution in [3.05, 3.63) is 47.7 Å². The molecule has 0 fully saturated rings. The van der Waals surface area contributed by atoms with E-state index >= 15 is 0 Å². The van der Waals surface area contributed by atoms with E-state index in [0.717, 1.165) is 26.0 Å². The van der Waals surface area contributed by atoms with Gasteiger partial charge in [0.2, 0.25) is 0 Å². The number of hydrogen-bond donors (Lipinski definition) is 0. The van der Waals surface area contributed by atoms with Crippen molar-refractivity contribution < 1.29 is 4.84 Å². The minimum atomic E-state index is 0.734. The summed E-state index contributed by atoms with van der Waals surface area (Å²) in [4.78, 5) is 5.44. The number of hydroxylamine groups is 2. The van der Waals surface area contributed by atoms with Gasteiger partial charge in [0.05, 0.1) is 6.61 Å². The predicted octanol–water partition coefficient (Wildman–Crippen LogP) is 2.77. The third-order valence-electron chi connectivity index (χ3n) is 2.67. The van der Waals surface area contributed by atoms with Crippen LogP contribution in [0.3, 0.4) is 0 Å². The molecule has 0 amide bonds. The zero-order valence-corrected chi connectivity index (χ0v) is 9.15. The number of rotatable bonds is 4. The number of hydrogen-bond acceptors (Lipinski definition) is 2. The van der Waals surface area contributed by atoms with E-state index in [1.54, 1.807) is 0 Å². The maximum Gasteiger partial charge on any atom is 0.0950 e. The van der Waals surface area contributed by atoms with Crippen LogP contribution in [0.25, 0.3) is 0 Å². The van der Waals surface area contributed by atoms with Gasteiger partial charge in [0.1, 0.15) is 0 Å². The first-order chi connectivity index (χ1) is 7.40. The van der Waals surface area contributed by atoms with Crippen LogP contribution >= 0.6 is 0 Å². The quantitative estimate of drug-likeness (QED) is 0.746. The third-order valence-corrected chi connectivity index (χ3v) is 2.67. The van der Waals surface area contributed by atoms with Gasteiger partial charge in [-0.25, -0.2) is 0 Å². The summed E-state index contributed by atoms with van der Waals surface area (Å²) in [7, 11) is 0. The average Bonchev–Trinajstić information content (AvgIpc) is 2.75. The van der Waals surface area contributed by atoms with Crippen LogP contribution < -0.4 is 0 Å². The van der Waals surface area contributed by atoms with Gasteiger partial charge in [0.25, 0.3) is 0 Å². The van der Waals surface area contributed by atoms with Crippen molar-refractivity contribution in [2.45, 2.75) is 19.8 Å². The Balaban J connectivity index is 1.88. The second-order valence-corrected chi connectivity index (χ2v) is 3.67. The van der Waals surface area contributed by atoms with Crippen LogP contribution in [0.2, 0.25) is 0 Å². The Morgan fingerprint density at radius 3 is 2.73 bits per heavy atom. The van der Waals surface area contributed by atoms with Gasteiger partial charge in [0.15, 0.2) is 0 Å². The van der Waals surface area contributed by atoms with E-state index in [9.17, 15) is 0 Å². The molecule has 0 aliphatic carbocycles. The Kier molecular flexibility index (Phi) is 3.41. The van der Waals surface area contributed by atoms with E-state index in [2.05, 4.69) is 43.3 Å². The van der Waals surface area contributed by atoms with E-state index in [-0.39, 0.29) is 0 Å². The molecule has 1 aliphatic rings. The second-order valence-electron chi connectivity index (χ2n) is 3.67. The number of nitrogens with zero attached hydrogens (tertiary/aromatic N) is 1. The summed E-state index contributed by atoms with van der Waals surface area (Å²) in [6, 6.07) is 10.6. The van der Waals surface area contributed by atoms with Crippen molar-refractivity contribution in [1.29, 1.82) is 0 Å². The molecule has 2 rings (SSSR count). The van der Waals surface area contributed by atoms with Gasteiger partial charge in [0, 0.05) is 12.2 Å². The Morgan fingerprint density at radius 1 is 1.20 bits per heavy atom. The summed E-state index contributed by atoms with van der Waals surface area (Å²) in [6.45, 7) is 3.78. The normalized spacial score (nSPS) is 15.5. The zero-order valence-electron chi connectivity index (χ0n) is 9.15. The fraction of sp³-hybridized carbons (Fsp3) is 0.385. The molecule has 0 N–H and O–H groups in total. The lowest BCUT2D eigenvalue weighted by Crippen LogP contribution is -2.18. The molecule has 2 heteroatoms. The largest absolute Gasteiger partial charge is 0.270 e. The van der Waals surface area contributed by atoms with Crippen LogP contribution in [-0.2, 0) is 11.3 Å². The molecule has 1 aromatic carbocycles. The minimum absolute atomic E-state index is 0.734. The molecular weight excluding hydrogens is 186 g/mol. The van der Waals surface area contributed by atoms with Crippen molar-refractivity contribution in [1.82, 2.24) is 5.06 Å². The van der Waals surface area contributed by atoms with Crippen LogP contribution in [0.4, 0.5) is 0 Å². The first kappa shape index (κ1) is 10.2. The van der Waals surface area contributed by atoms with Gasteiger partial charge < -0.3 is 0 Å². The van der Waals surface area contributed by atoms with Gasteiger partial charge in [-0.05, 0) is 31.4 Å². The number of benzene rings is 1. The summed E-state index contributed by atoms with van der Waals surface area (Å²) in [5.74, 6) is 0. The Hall–Kier alpha value is -1.28. The van der Waals surface area contributed by atoms with Crippen LogP contribution in [0.5, 0.6) is 0 Å². The smallest absolute Gasteiger partial charge is 0.0950 e. The van der Waals surface area contributed by atoms with Gasteiger partial charge in [-0.15, -0.1) is 0 Å². The van der Waals surface area contributed by atoms with Crippen LogP contribution in [0.1, 0.15) is 18.9 Å². The highest BCUT2D eigenvalue weighted by Crippen LogP contribution is 2.18. The van der Waals surface area contributed by atoms with E-state index in [4.69, 9.17) is 4.84 Å². The molecule has 0 saturated carbocycles. The highest BCUT2D eigenvalue weighted by atomic mass is 16.7. The molecule has 15 heavy (non-hydrogen) atoms. The molecule has 0 radical (unpaired) electrons. The van der Waals surface area contributed by atoms with Crippen molar-refractivity contribution in [3.63, 3.8) is 0 Å². The molecule has 1 aliphatic heterocycles. The molecular formula is C13H17NO. The average molecular weight is 203 g/mol. The van der Waals surface area contributed by atoms with Gasteiger partial charge >= 0.3 is 0 Å². The number of aryl methyl sites for hydroxylation is 1. The van der Waals surface area contributed by atoms with Crippen molar-refractivity contribution in [2.24, 2.45) is 0 Å². The summed E-state index contributed by atoms with van der Waals surface area (Å²) < 4.78 is 0. The van der Waals surface area contributed by atoms with Crippen molar-refractivity contribution >= 4 is 0 Å². The monoisotopic (exact) mass is 203 g/mol. The minimum Gasteiger partial charge on any atom is -0.270 e. The molecule has 1 aromatic rings. The van der Waals surface area contributed by atoms with Gasteiger partial charge in [-0.2, -0.15) is 0 Å². The Bertz CT molecular complexity index is 332. The lowest BCUT2D eigenvalue weighted by molar-refractivity contribution is -0.0975. The molecule has 0 saturated heterocycles. The zero-order chi connectivity index (χ0) is 10.5. The fourth-order valence-electron chi connectivity index (χ4n) is 1.85. The topological polar surface area (TPSA) is 12.5 Å². The molecule has 1 heterocycles. The lowest BCUT2D eigenvalue weighted by Gasteiger charge is -2.18. The van der Waals surface area contributed by atoms with Crippen LogP contribution in [0.15, 0.2) is 42.1 Å². The van der Waals surface area contributed by atoms with E-state index in [1.807, 2.05) is 5.06 Å². The summed E-state index contributed by atoms with van der Waals surface area (Å²) in [6.07, 6.45) is 4.33. The second kappa shape index (κ2) is 4.99. The molecule has 80 valence electrons. The lowest BCUT2D eigenvalue weighted by atomic mass is 10.1. The summed E-state index contributed by atoms with van der Waals surface area (Å²) >= 11 is 0. The Morgan fingerprint density at radius 2 is 2.00 bits per heavy atom. The maximum atomic E-state index is 5.44. The molecule has 0 unspecified atom stereocenters. The van der Waals surface area contributed by atoms with Crippen LogP contribution in [-0.4, -0.2) is 18.2 Å². The first-order valence-electron chi connectivity index (χ1n) is 5.53. The van der Waals surface area contributed by atoms with E-state index < -0.39 is 0 Å². The van der Waals surface area contributed by atoms with Crippen molar-refractivity contribution in [3.8, 4) is 0 Å². The van der Waals surface area contributed by atoms with Crippen molar-refractivity contribution in [2.75, 3.05) is 13.2 Å². The summed E-state index contributed by atoms with van der Waals surface area (Å²) in [5, 5.41) is 1.99. The highest BCUT2D eigenvalue weighted by Gasteiger charge is 2.13. The Labute approximate surface area is 91.1 Å². The molecule has 0 spiro atoms. The standard InChI is InChI=1S/C13H17NO/c1-2-14-13(10-11-15-14)9-8-12-6-4-3-5-7-12/h3-7,10H,2,8-9,11H2,1H3. The van der Waals surface area contributed by atoms with Crippen LogP contribution in [0, 0.1) is 0 Å². The van der Waals surface area contributed by atoms with Gasteiger partial charge in [-0.3, -0.25) is 9.90 Å². The molecule has 2 nitrogen and oxygen atoms in total. The SMILES string of the molecule is CCN1OCC=C1CCc1ccccc1. The number of allylic oxidation sites excluding steroid dienone is 1. The predicted molar refractivity (Wildman–Crippen MR) is 61.2 cm³/mol. The first-order valence-corrected chi connectivity index (χ1v) is 5.53.